The van der Waals surface area contributed by atoms with Gasteiger partial charge in [-0.1, -0.05) is 0 Å². The van der Waals surface area contributed by atoms with Crippen LogP contribution in [0.5, 0.6) is 5.75 Å². The zero-order valence-electron chi connectivity index (χ0n) is 11.7. The number of sulfonamides is 1. The molecule has 0 aliphatic heterocycles. The molecule has 0 aromatic heterocycles. The van der Waals surface area contributed by atoms with Crippen molar-refractivity contribution in [2.24, 2.45) is 0 Å². The molecule has 1 aromatic carbocycles. The van der Waals surface area contributed by atoms with Crippen molar-refractivity contribution in [2.45, 2.75) is 41.8 Å². The van der Waals surface area contributed by atoms with Crippen LogP contribution in [0.3, 0.4) is 0 Å². The van der Waals surface area contributed by atoms with E-state index in [4.69, 9.17) is 16.3 Å². The Hall–Kier alpha value is -0.850. The third-order valence-electron chi connectivity index (χ3n) is 4.10. The largest absolute Gasteiger partial charge is 0.496 e. The Balaban J connectivity index is 1.80. The molecule has 0 unspecified atom stereocenters. The van der Waals surface area contributed by atoms with Crippen LogP contribution in [0.2, 0.25) is 0 Å². The molecule has 1 N–H and O–H groups in total. The standard InChI is InChI=1S/C14H17ClFNO3S/c1-20-12-3-2-11(16)8-10(12)9-13(4-5-13)17-21(18,19)14(15)6-7-14/h2-3,8,17H,4-7,9H2,1H3. The van der Waals surface area contributed by atoms with E-state index in [1.807, 2.05) is 0 Å². The van der Waals surface area contributed by atoms with Crippen molar-refractivity contribution in [1.29, 1.82) is 0 Å². The molecule has 0 spiro atoms. The normalized spacial score (nSPS) is 21.9. The van der Waals surface area contributed by atoms with Crippen molar-refractivity contribution in [3.05, 3.63) is 29.6 Å². The number of halogens is 2. The summed E-state index contributed by atoms with van der Waals surface area (Å²) in [6.07, 6.45) is 2.80. The number of nitrogens with one attached hydrogen (secondary N) is 1. The van der Waals surface area contributed by atoms with Gasteiger partial charge in [-0.2, -0.15) is 0 Å². The van der Waals surface area contributed by atoms with Gasteiger partial charge in [-0.05, 0) is 55.9 Å². The zero-order valence-corrected chi connectivity index (χ0v) is 13.2. The van der Waals surface area contributed by atoms with E-state index in [0.717, 1.165) is 12.8 Å². The smallest absolute Gasteiger partial charge is 0.231 e. The van der Waals surface area contributed by atoms with Gasteiger partial charge in [-0.25, -0.2) is 17.5 Å². The first-order valence-electron chi connectivity index (χ1n) is 6.84. The van der Waals surface area contributed by atoms with Crippen molar-refractivity contribution in [3.8, 4) is 5.75 Å². The highest BCUT2D eigenvalue weighted by atomic mass is 35.5. The van der Waals surface area contributed by atoms with E-state index in [9.17, 15) is 12.8 Å². The van der Waals surface area contributed by atoms with E-state index < -0.39 is 19.8 Å². The van der Waals surface area contributed by atoms with Crippen molar-refractivity contribution in [2.75, 3.05) is 7.11 Å². The highest BCUT2D eigenvalue weighted by Gasteiger charge is 2.57. The molecular weight excluding hydrogens is 317 g/mol. The number of methoxy groups -OCH3 is 1. The minimum absolute atomic E-state index is 0.361. The van der Waals surface area contributed by atoms with Crippen LogP contribution in [0.1, 0.15) is 31.2 Å². The summed E-state index contributed by atoms with van der Waals surface area (Å²) in [7, 11) is -2.04. The highest BCUT2D eigenvalue weighted by Crippen LogP contribution is 2.50. The molecule has 3 rings (SSSR count). The summed E-state index contributed by atoms with van der Waals surface area (Å²) in [4.78, 5) is 0. The second-order valence-corrected chi connectivity index (χ2v) is 8.84. The van der Waals surface area contributed by atoms with E-state index >= 15 is 0 Å². The van der Waals surface area contributed by atoms with Gasteiger partial charge in [-0.15, -0.1) is 11.6 Å². The Bertz CT molecular complexity index is 669. The minimum atomic E-state index is -3.55. The first-order valence-corrected chi connectivity index (χ1v) is 8.70. The third-order valence-corrected chi connectivity index (χ3v) is 7.16. The molecule has 0 saturated heterocycles. The van der Waals surface area contributed by atoms with Gasteiger partial charge in [0, 0.05) is 5.54 Å². The third kappa shape index (κ3) is 2.89. The van der Waals surface area contributed by atoms with E-state index in [2.05, 4.69) is 4.72 Å². The van der Waals surface area contributed by atoms with Gasteiger partial charge < -0.3 is 4.74 Å². The Morgan fingerprint density at radius 3 is 2.52 bits per heavy atom. The Labute approximate surface area is 128 Å². The molecule has 2 saturated carbocycles. The molecule has 4 nitrogen and oxygen atoms in total. The average molecular weight is 334 g/mol. The Morgan fingerprint density at radius 2 is 2.00 bits per heavy atom. The van der Waals surface area contributed by atoms with Gasteiger partial charge in [0.05, 0.1) is 7.11 Å². The van der Waals surface area contributed by atoms with E-state index in [1.165, 1.54) is 19.2 Å². The fourth-order valence-corrected chi connectivity index (χ4v) is 4.34. The van der Waals surface area contributed by atoms with Crippen molar-refractivity contribution < 1.29 is 17.5 Å². The maximum absolute atomic E-state index is 13.4. The van der Waals surface area contributed by atoms with Crippen LogP contribution in [0.4, 0.5) is 4.39 Å². The molecular formula is C14H17ClFNO3S. The SMILES string of the molecule is COc1ccc(F)cc1CC1(NS(=O)(=O)C2(Cl)CC2)CC1. The topological polar surface area (TPSA) is 55.4 Å². The van der Waals surface area contributed by atoms with Crippen LogP contribution in [-0.2, 0) is 16.4 Å². The van der Waals surface area contributed by atoms with E-state index in [-0.39, 0.29) is 5.82 Å². The van der Waals surface area contributed by atoms with E-state index in [0.29, 0.717) is 30.6 Å². The number of hydrogen-bond donors (Lipinski definition) is 1. The lowest BCUT2D eigenvalue weighted by Crippen LogP contribution is -2.43. The lowest BCUT2D eigenvalue weighted by molar-refractivity contribution is 0.404. The van der Waals surface area contributed by atoms with Crippen LogP contribution in [0.25, 0.3) is 0 Å². The van der Waals surface area contributed by atoms with Gasteiger partial charge >= 0.3 is 0 Å². The summed E-state index contributed by atoms with van der Waals surface area (Å²) in [5.41, 5.74) is 0.113. The second-order valence-electron chi connectivity index (χ2n) is 5.90. The van der Waals surface area contributed by atoms with Crippen molar-refractivity contribution in [1.82, 2.24) is 4.72 Å². The summed E-state index contributed by atoms with van der Waals surface area (Å²) >= 11 is 6.02. The van der Waals surface area contributed by atoms with Crippen LogP contribution in [-0.4, -0.2) is 25.3 Å². The molecule has 7 heteroatoms. The molecule has 21 heavy (non-hydrogen) atoms. The molecule has 2 aliphatic rings. The fourth-order valence-electron chi connectivity index (χ4n) is 2.46. The van der Waals surface area contributed by atoms with Crippen molar-refractivity contribution >= 4 is 21.6 Å². The summed E-state index contributed by atoms with van der Waals surface area (Å²) in [6, 6.07) is 4.27. The fraction of sp³-hybridized carbons (Fsp3) is 0.571. The van der Waals surface area contributed by atoms with Crippen LogP contribution < -0.4 is 9.46 Å². The predicted octanol–water partition coefficient (Wildman–Crippen LogP) is 2.56. The van der Waals surface area contributed by atoms with E-state index in [1.54, 1.807) is 6.07 Å². The Morgan fingerprint density at radius 1 is 1.33 bits per heavy atom. The molecule has 1 aromatic rings. The van der Waals surface area contributed by atoms with Crippen LogP contribution in [0.15, 0.2) is 18.2 Å². The van der Waals surface area contributed by atoms with Gasteiger partial charge in [0.25, 0.3) is 0 Å². The highest BCUT2D eigenvalue weighted by molar-refractivity contribution is 7.92. The maximum atomic E-state index is 13.4. The lowest BCUT2D eigenvalue weighted by atomic mass is 10.0. The molecule has 2 fully saturated rings. The molecule has 0 heterocycles. The number of hydrogen-bond acceptors (Lipinski definition) is 3. The van der Waals surface area contributed by atoms with Crippen LogP contribution in [0, 0.1) is 5.82 Å². The van der Waals surface area contributed by atoms with Gasteiger partial charge in [-0.3, -0.25) is 0 Å². The summed E-state index contributed by atoms with van der Waals surface area (Å²) < 4.78 is 44.7. The molecule has 0 bridgehead atoms. The number of ether oxygens (including phenoxy) is 1. The molecule has 0 radical (unpaired) electrons. The summed E-state index contributed by atoms with van der Waals surface area (Å²) in [5, 5.41) is 0. The van der Waals surface area contributed by atoms with Crippen molar-refractivity contribution in [3.63, 3.8) is 0 Å². The second kappa shape index (κ2) is 4.83. The maximum Gasteiger partial charge on any atom is 0.231 e. The number of benzene rings is 1. The summed E-state index contributed by atoms with van der Waals surface area (Å²) in [6.45, 7) is 0. The Kier molecular flexibility index (Phi) is 3.46. The monoisotopic (exact) mass is 333 g/mol. The molecule has 0 atom stereocenters. The first kappa shape index (κ1) is 15.1. The lowest BCUT2D eigenvalue weighted by Gasteiger charge is -2.21. The quantitative estimate of drug-likeness (QED) is 0.814. The molecule has 2 aliphatic carbocycles. The zero-order chi connectivity index (χ0) is 15.3. The predicted molar refractivity (Wildman–Crippen MR) is 78.5 cm³/mol. The van der Waals surface area contributed by atoms with Gasteiger partial charge in [0.15, 0.2) is 4.21 Å². The minimum Gasteiger partial charge on any atom is -0.496 e. The molecule has 0 amide bonds. The molecule has 116 valence electrons. The van der Waals surface area contributed by atoms with Gasteiger partial charge in [0.1, 0.15) is 11.6 Å². The van der Waals surface area contributed by atoms with Crippen LogP contribution >= 0.6 is 11.6 Å². The average Bonchev–Trinajstić information content (AvgIpc) is 3.30. The number of alkyl halides is 1. The summed E-state index contributed by atoms with van der Waals surface area (Å²) in [5.74, 6) is 0.203. The van der Waals surface area contributed by atoms with Gasteiger partial charge in [0.2, 0.25) is 10.0 Å². The number of rotatable bonds is 6. The first-order chi connectivity index (χ1) is 9.79.